The van der Waals surface area contributed by atoms with Crippen molar-refractivity contribution < 1.29 is 0 Å². The molecule has 5 nitrogen and oxygen atoms in total. The molecule has 0 fully saturated rings. The summed E-state index contributed by atoms with van der Waals surface area (Å²) in [5, 5.41) is 6.07. The first-order valence-corrected chi connectivity index (χ1v) is 6.59. The number of anilines is 2. The Kier molecular flexibility index (Phi) is 3.06. The summed E-state index contributed by atoms with van der Waals surface area (Å²) in [6, 6.07) is 7.77. The van der Waals surface area contributed by atoms with Crippen molar-refractivity contribution in [1.82, 2.24) is 19.7 Å². The van der Waals surface area contributed by atoms with Crippen LogP contribution in [0.2, 0.25) is 5.15 Å². The Morgan fingerprint density at radius 1 is 1.25 bits per heavy atom. The number of hydrogen-bond donors (Lipinski definition) is 0. The summed E-state index contributed by atoms with van der Waals surface area (Å²) < 4.78 is 1.88. The number of nitrogens with zero attached hydrogens (tertiary/aromatic N) is 5. The second-order valence-corrected chi connectivity index (χ2v) is 5.04. The van der Waals surface area contributed by atoms with Crippen LogP contribution in [0.3, 0.4) is 0 Å². The second-order valence-electron chi connectivity index (χ2n) is 4.65. The molecule has 0 aliphatic rings. The largest absolute Gasteiger partial charge is 0.313 e. The molecule has 1 aromatic carbocycles. The van der Waals surface area contributed by atoms with Crippen LogP contribution in [-0.4, -0.2) is 26.8 Å². The Morgan fingerprint density at radius 3 is 2.80 bits per heavy atom. The predicted octanol–water partition coefficient (Wildman–Crippen LogP) is 3.09. The number of halogens is 1. The van der Waals surface area contributed by atoms with Crippen LogP contribution in [0.1, 0.15) is 5.69 Å². The van der Waals surface area contributed by atoms with Gasteiger partial charge >= 0.3 is 0 Å². The van der Waals surface area contributed by atoms with Crippen molar-refractivity contribution in [1.29, 1.82) is 0 Å². The number of rotatable bonds is 2. The van der Waals surface area contributed by atoms with Gasteiger partial charge in [0.05, 0.1) is 5.52 Å². The van der Waals surface area contributed by atoms with Gasteiger partial charge in [0, 0.05) is 37.1 Å². The minimum absolute atomic E-state index is 0.427. The Balaban J connectivity index is 2.05. The summed E-state index contributed by atoms with van der Waals surface area (Å²) in [7, 11) is 3.85. The molecule has 0 aliphatic carbocycles. The number of aromatic nitrogens is 4. The molecule has 3 rings (SSSR count). The summed E-state index contributed by atoms with van der Waals surface area (Å²) in [4.78, 5) is 10.3. The maximum Gasteiger partial charge on any atom is 0.231 e. The van der Waals surface area contributed by atoms with Gasteiger partial charge in [-0.3, -0.25) is 4.68 Å². The fourth-order valence-corrected chi connectivity index (χ4v) is 2.26. The molecule has 0 amide bonds. The monoisotopic (exact) mass is 287 g/mol. The third kappa shape index (κ3) is 2.10. The van der Waals surface area contributed by atoms with Gasteiger partial charge in [-0.25, -0.2) is 9.97 Å². The van der Waals surface area contributed by atoms with Crippen molar-refractivity contribution in [3.63, 3.8) is 0 Å². The van der Waals surface area contributed by atoms with E-state index in [4.69, 9.17) is 11.6 Å². The maximum atomic E-state index is 5.90. The first-order valence-electron chi connectivity index (χ1n) is 6.22. The highest BCUT2D eigenvalue weighted by molar-refractivity contribution is 6.29. The molecule has 6 heteroatoms. The fourth-order valence-electron chi connectivity index (χ4n) is 2.13. The quantitative estimate of drug-likeness (QED) is 0.680. The molecule has 102 valence electrons. The third-order valence-corrected chi connectivity index (χ3v) is 3.62. The molecule has 3 aromatic rings. The van der Waals surface area contributed by atoms with Crippen molar-refractivity contribution in [3.8, 4) is 0 Å². The molecule has 0 N–H and O–H groups in total. The van der Waals surface area contributed by atoms with E-state index in [9.17, 15) is 0 Å². The minimum atomic E-state index is 0.427. The van der Waals surface area contributed by atoms with Crippen molar-refractivity contribution >= 4 is 34.1 Å². The summed E-state index contributed by atoms with van der Waals surface area (Å²) in [5.41, 5.74) is 3.07. The minimum Gasteiger partial charge on any atom is -0.313 e. The molecule has 20 heavy (non-hydrogen) atoms. The lowest BCUT2D eigenvalue weighted by atomic mass is 10.2. The summed E-state index contributed by atoms with van der Waals surface area (Å²) >= 11 is 5.90. The Bertz CT molecular complexity index is 780. The zero-order valence-corrected chi connectivity index (χ0v) is 12.3. The summed E-state index contributed by atoms with van der Waals surface area (Å²) in [6.45, 7) is 2.05. The zero-order chi connectivity index (χ0) is 14.3. The van der Waals surface area contributed by atoms with E-state index in [0.29, 0.717) is 11.1 Å². The number of fused-ring (bicyclic) bond motifs is 1. The van der Waals surface area contributed by atoms with E-state index in [2.05, 4.69) is 28.1 Å². The highest BCUT2D eigenvalue weighted by Crippen LogP contribution is 2.26. The first-order chi connectivity index (χ1) is 9.56. The molecular formula is C14H14ClN5. The maximum absolute atomic E-state index is 5.90. The second kappa shape index (κ2) is 4.76. The van der Waals surface area contributed by atoms with Gasteiger partial charge in [-0.1, -0.05) is 11.6 Å². The van der Waals surface area contributed by atoms with Crippen LogP contribution in [0.5, 0.6) is 0 Å². The van der Waals surface area contributed by atoms with Crippen LogP contribution < -0.4 is 4.90 Å². The number of hydrogen-bond acceptors (Lipinski definition) is 4. The molecule has 0 bridgehead atoms. The van der Waals surface area contributed by atoms with Crippen LogP contribution in [0.4, 0.5) is 11.6 Å². The smallest absolute Gasteiger partial charge is 0.231 e. The standard InChI is InChI=1S/C14H14ClN5/c1-9-11-5-4-10(8-12(11)18-20(9)3)19(2)14-16-7-6-13(15)17-14/h4-8H,1-3H3. The third-order valence-electron chi connectivity index (χ3n) is 3.41. The lowest BCUT2D eigenvalue weighted by Gasteiger charge is -2.16. The van der Waals surface area contributed by atoms with Gasteiger partial charge in [-0.2, -0.15) is 5.10 Å². The Morgan fingerprint density at radius 2 is 2.05 bits per heavy atom. The molecule has 0 saturated carbocycles. The fraction of sp³-hybridized carbons (Fsp3) is 0.214. The van der Waals surface area contributed by atoms with E-state index in [1.807, 2.05) is 35.8 Å². The molecular weight excluding hydrogens is 274 g/mol. The van der Waals surface area contributed by atoms with E-state index < -0.39 is 0 Å². The molecule has 0 atom stereocenters. The highest BCUT2D eigenvalue weighted by atomic mass is 35.5. The van der Waals surface area contributed by atoms with E-state index in [1.54, 1.807) is 12.3 Å². The van der Waals surface area contributed by atoms with Crippen molar-refractivity contribution in [2.75, 3.05) is 11.9 Å². The van der Waals surface area contributed by atoms with E-state index in [0.717, 1.165) is 22.3 Å². The van der Waals surface area contributed by atoms with Gasteiger partial charge in [0.15, 0.2) is 0 Å². The van der Waals surface area contributed by atoms with Gasteiger partial charge in [-0.15, -0.1) is 0 Å². The lowest BCUT2D eigenvalue weighted by molar-refractivity contribution is 0.751. The number of aryl methyl sites for hydroxylation is 2. The normalized spacial score (nSPS) is 11.0. The highest BCUT2D eigenvalue weighted by Gasteiger charge is 2.11. The Labute approximate surface area is 121 Å². The van der Waals surface area contributed by atoms with E-state index >= 15 is 0 Å². The van der Waals surface area contributed by atoms with Crippen molar-refractivity contribution in [3.05, 3.63) is 41.3 Å². The van der Waals surface area contributed by atoms with Crippen LogP contribution in [0, 0.1) is 6.92 Å². The molecule has 0 saturated heterocycles. The van der Waals surface area contributed by atoms with Crippen LogP contribution in [-0.2, 0) is 7.05 Å². The number of benzene rings is 1. The lowest BCUT2D eigenvalue weighted by Crippen LogP contribution is -2.12. The topological polar surface area (TPSA) is 46.8 Å². The molecule has 0 aliphatic heterocycles. The molecule has 0 spiro atoms. The van der Waals surface area contributed by atoms with Crippen LogP contribution in [0.15, 0.2) is 30.5 Å². The zero-order valence-electron chi connectivity index (χ0n) is 11.5. The van der Waals surface area contributed by atoms with Crippen LogP contribution >= 0.6 is 11.6 Å². The summed E-state index contributed by atoms with van der Waals surface area (Å²) in [5.74, 6) is 0.560. The molecule has 2 aromatic heterocycles. The molecule has 0 radical (unpaired) electrons. The average molecular weight is 288 g/mol. The Hall–Kier alpha value is -2.14. The summed E-state index contributed by atoms with van der Waals surface area (Å²) in [6.07, 6.45) is 1.64. The van der Waals surface area contributed by atoms with Crippen molar-refractivity contribution in [2.24, 2.45) is 7.05 Å². The molecule has 0 unspecified atom stereocenters. The van der Waals surface area contributed by atoms with Gasteiger partial charge in [0.2, 0.25) is 5.95 Å². The van der Waals surface area contributed by atoms with Crippen LogP contribution in [0.25, 0.3) is 10.9 Å². The van der Waals surface area contributed by atoms with Gasteiger partial charge in [-0.05, 0) is 31.2 Å². The van der Waals surface area contributed by atoms with E-state index in [-0.39, 0.29) is 0 Å². The first kappa shape index (κ1) is 12.9. The van der Waals surface area contributed by atoms with Crippen molar-refractivity contribution in [2.45, 2.75) is 6.92 Å². The average Bonchev–Trinajstić information content (AvgIpc) is 2.73. The SMILES string of the molecule is Cc1c2ccc(N(C)c3nccc(Cl)n3)cc2nn1C. The van der Waals surface area contributed by atoms with Gasteiger partial charge < -0.3 is 4.90 Å². The van der Waals surface area contributed by atoms with Gasteiger partial charge in [0.1, 0.15) is 5.15 Å². The van der Waals surface area contributed by atoms with E-state index in [1.165, 1.54) is 0 Å². The molecule has 2 heterocycles. The van der Waals surface area contributed by atoms with Gasteiger partial charge in [0.25, 0.3) is 0 Å². The predicted molar refractivity (Wildman–Crippen MR) is 80.6 cm³/mol.